The maximum Gasteiger partial charge on any atom is 0.234 e. The number of carbonyl (C=O) groups is 1. The molecule has 0 radical (unpaired) electrons. The largest absolute Gasteiger partial charge is 0.325 e. The molecule has 1 amide bonds. The first-order valence-corrected chi connectivity index (χ1v) is 9.00. The molecule has 1 aliphatic heterocycles. The highest BCUT2D eigenvalue weighted by Crippen LogP contribution is 2.24. The number of sulfone groups is 1. The fourth-order valence-electron chi connectivity index (χ4n) is 1.92. The van der Waals surface area contributed by atoms with Crippen LogP contribution in [0.5, 0.6) is 0 Å². The molecular formula is C13H17NO3S2. The lowest BCUT2D eigenvalue weighted by atomic mass is 10.2. The van der Waals surface area contributed by atoms with Gasteiger partial charge in [0.25, 0.3) is 0 Å². The number of hydrogen-bond acceptors (Lipinski definition) is 4. The van der Waals surface area contributed by atoms with Gasteiger partial charge in [0.15, 0.2) is 9.84 Å². The predicted molar refractivity (Wildman–Crippen MR) is 79.3 cm³/mol. The van der Waals surface area contributed by atoms with Crippen molar-refractivity contribution in [3.05, 3.63) is 29.8 Å². The monoisotopic (exact) mass is 299 g/mol. The number of carbonyl (C=O) groups excluding carboxylic acids is 1. The summed E-state index contributed by atoms with van der Waals surface area (Å²) in [5.74, 6) is 0.673. The van der Waals surface area contributed by atoms with Crippen LogP contribution in [-0.4, -0.2) is 36.8 Å². The van der Waals surface area contributed by atoms with Crippen molar-refractivity contribution in [3.8, 4) is 0 Å². The van der Waals surface area contributed by atoms with Gasteiger partial charge < -0.3 is 5.32 Å². The average Bonchev–Trinajstić information content (AvgIpc) is 2.69. The van der Waals surface area contributed by atoms with Crippen LogP contribution in [0.2, 0.25) is 0 Å². The van der Waals surface area contributed by atoms with E-state index in [4.69, 9.17) is 0 Å². The molecule has 0 bridgehead atoms. The van der Waals surface area contributed by atoms with Crippen LogP contribution in [-0.2, 0) is 14.6 Å². The van der Waals surface area contributed by atoms with Crippen LogP contribution in [0.25, 0.3) is 0 Å². The molecule has 2 rings (SSSR count). The maximum atomic E-state index is 11.7. The molecule has 19 heavy (non-hydrogen) atoms. The van der Waals surface area contributed by atoms with Crippen LogP contribution in [0.1, 0.15) is 12.0 Å². The van der Waals surface area contributed by atoms with Gasteiger partial charge in [-0.05, 0) is 25.5 Å². The zero-order valence-electron chi connectivity index (χ0n) is 10.8. The first kappa shape index (κ1) is 14.4. The molecule has 1 aromatic rings. The minimum absolute atomic E-state index is 0.0637. The predicted octanol–water partition coefficient (Wildman–Crippen LogP) is 1.85. The van der Waals surface area contributed by atoms with Crippen LogP contribution in [0.4, 0.5) is 5.69 Å². The highest BCUT2D eigenvalue weighted by Gasteiger charge is 2.28. The van der Waals surface area contributed by atoms with Gasteiger partial charge in [-0.15, -0.1) is 11.8 Å². The quantitative estimate of drug-likeness (QED) is 0.921. The molecule has 0 unspecified atom stereocenters. The minimum atomic E-state index is -2.86. The molecule has 0 aromatic heterocycles. The Kier molecular flexibility index (Phi) is 4.52. The molecule has 1 fully saturated rings. The molecule has 1 atom stereocenters. The van der Waals surface area contributed by atoms with Gasteiger partial charge in [-0.25, -0.2) is 8.42 Å². The number of rotatable bonds is 4. The lowest BCUT2D eigenvalue weighted by Gasteiger charge is -2.08. The summed E-state index contributed by atoms with van der Waals surface area (Å²) in [5.41, 5.74) is 1.92. The first-order valence-electron chi connectivity index (χ1n) is 6.13. The van der Waals surface area contributed by atoms with E-state index >= 15 is 0 Å². The lowest BCUT2D eigenvalue weighted by Crippen LogP contribution is -2.17. The molecule has 1 aromatic carbocycles. The number of amides is 1. The van der Waals surface area contributed by atoms with E-state index in [1.54, 1.807) is 0 Å². The molecule has 0 aliphatic carbocycles. The maximum absolute atomic E-state index is 11.7. The van der Waals surface area contributed by atoms with E-state index in [0.717, 1.165) is 11.3 Å². The molecule has 0 spiro atoms. The van der Waals surface area contributed by atoms with Crippen LogP contribution in [0.3, 0.4) is 0 Å². The third-order valence-electron chi connectivity index (χ3n) is 2.98. The van der Waals surface area contributed by atoms with Crippen molar-refractivity contribution in [2.24, 2.45) is 0 Å². The third kappa shape index (κ3) is 4.54. The highest BCUT2D eigenvalue weighted by molar-refractivity contribution is 8.02. The molecule has 104 valence electrons. The lowest BCUT2D eigenvalue weighted by molar-refractivity contribution is -0.113. The Bertz CT molecular complexity index is 552. The van der Waals surface area contributed by atoms with Crippen LogP contribution < -0.4 is 5.32 Å². The first-order chi connectivity index (χ1) is 8.94. The number of hydrogen-bond donors (Lipinski definition) is 1. The SMILES string of the molecule is Cc1ccc(NC(=O)CS[C@H]2CCS(=O)(=O)C2)cc1. The zero-order valence-corrected chi connectivity index (χ0v) is 12.4. The van der Waals surface area contributed by atoms with Crippen molar-refractivity contribution in [1.29, 1.82) is 0 Å². The van der Waals surface area contributed by atoms with E-state index in [-0.39, 0.29) is 22.7 Å². The normalized spacial score (nSPS) is 21.2. The van der Waals surface area contributed by atoms with Gasteiger partial charge in [-0.3, -0.25) is 4.79 Å². The van der Waals surface area contributed by atoms with Crippen molar-refractivity contribution in [2.45, 2.75) is 18.6 Å². The highest BCUT2D eigenvalue weighted by atomic mass is 32.2. The van der Waals surface area contributed by atoms with E-state index < -0.39 is 9.84 Å². The molecule has 1 heterocycles. The van der Waals surface area contributed by atoms with Crippen molar-refractivity contribution in [2.75, 3.05) is 22.6 Å². The number of aryl methyl sites for hydroxylation is 1. The zero-order chi connectivity index (χ0) is 13.9. The fraction of sp³-hybridized carbons (Fsp3) is 0.462. The second-order valence-corrected chi connectivity index (χ2v) is 8.27. The smallest absolute Gasteiger partial charge is 0.234 e. The van der Waals surface area contributed by atoms with Gasteiger partial charge >= 0.3 is 0 Å². The Morgan fingerprint density at radius 3 is 2.63 bits per heavy atom. The minimum Gasteiger partial charge on any atom is -0.325 e. The number of benzene rings is 1. The average molecular weight is 299 g/mol. The van der Waals surface area contributed by atoms with Gasteiger partial charge in [0.2, 0.25) is 5.91 Å². The number of thioether (sulfide) groups is 1. The third-order valence-corrected chi connectivity index (χ3v) is 6.26. The van der Waals surface area contributed by atoms with Gasteiger partial charge in [0, 0.05) is 10.9 Å². The van der Waals surface area contributed by atoms with Crippen LogP contribution >= 0.6 is 11.8 Å². The Morgan fingerprint density at radius 2 is 2.05 bits per heavy atom. The van der Waals surface area contributed by atoms with Gasteiger partial charge in [0.1, 0.15) is 0 Å². The van der Waals surface area contributed by atoms with Gasteiger partial charge in [-0.2, -0.15) is 0 Å². The number of nitrogens with one attached hydrogen (secondary N) is 1. The van der Waals surface area contributed by atoms with Gasteiger partial charge in [0.05, 0.1) is 17.3 Å². The topological polar surface area (TPSA) is 63.2 Å². The number of anilines is 1. The summed E-state index contributed by atoms with van der Waals surface area (Å²) in [5, 5.41) is 2.87. The fourth-order valence-corrected chi connectivity index (χ4v) is 5.36. The summed E-state index contributed by atoms with van der Waals surface area (Å²) in [4.78, 5) is 11.7. The second kappa shape index (κ2) is 5.96. The van der Waals surface area contributed by atoms with E-state index in [1.165, 1.54) is 11.8 Å². The van der Waals surface area contributed by atoms with E-state index in [9.17, 15) is 13.2 Å². The Morgan fingerprint density at radius 1 is 1.37 bits per heavy atom. The Labute approximate surface area is 117 Å². The van der Waals surface area contributed by atoms with E-state index in [2.05, 4.69) is 5.32 Å². The van der Waals surface area contributed by atoms with Crippen LogP contribution in [0.15, 0.2) is 24.3 Å². The standard InChI is InChI=1S/C13H17NO3S2/c1-10-2-4-11(5-3-10)14-13(15)8-18-12-6-7-19(16,17)9-12/h2-5,12H,6-9H2,1H3,(H,14,15)/t12-/m0/s1. The van der Waals surface area contributed by atoms with Crippen molar-refractivity contribution >= 4 is 33.2 Å². The molecular weight excluding hydrogens is 282 g/mol. The molecule has 6 heteroatoms. The molecule has 1 aliphatic rings. The summed E-state index contributed by atoms with van der Waals surface area (Å²) >= 11 is 1.43. The second-order valence-electron chi connectivity index (χ2n) is 4.75. The van der Waals surface area contributed by atoms with E-state index in [0.29, 0.717) is 12.2 Å². The van der Waals surface area contributed by atoms with Crippen molar-refractivity contribution < 1.29 is 13.2 Å². The van der Waals surface area contributed by atoms with Crippen LogP contribution in [0, 0.1) is 6.92 Å². The Balaban J connectivity index is 1.78. The summed E-state index contributed by atoms with van der Waals surface area (Å²) in [6, 6.07) is 7.59. The summed E-state index contributed by atoms with van der Waals surface area (Å²) in [6.07, 6.45) is 0.658. The van der Waals surface area contributed by atoms with Crippen molar-refractivity contribution in [3.63, 3.8) is 0 Å². The Hall–Kier alpha value is -1.01. The molecule has 4 nitrogen and oxygen atoms in total. The summed E-state index contributed by atoms with van der Waals surface area (Å²) in [6.45, 7) is 1.99. The summed E-state index contributed by atoms with van der Waals surface area (Å²) < 4.78 is 22.6. The molecule has 1 saturated heterocycles. The van der Waals surface area contributed by atoms with Crippen molar-refractivity contribution in [1.82, 2.24) is 0 Å². The summed E-state index contributed by atoms with van der Waals surface area (Å²) in [7, 11) is -2.86. The molecule has 0 saturated carbocycles. The van der Waals surface area contributed by atoms with Gasteiger partial charge in [-0.1, -0.05) is 17.7 Å². The van der Waals surface area contributed by atoms with E-state index in [1.807, 2.05) is 31.2 Å². The molecule has 1 N–H and O–H groups in total.